The van der Waals surface area contributed by atoms with Crippen LogP contribution < -0.4 is 10.1 Å². The average molecular weight is 328 g/mol. The van der Waals surface area contributed by atoms with E-state index < -0.39 is 0 Å². The van der Waals surface area contributed by atoms with Crippen molar-refractivity contribution in [2.75, 3.05) is 6.54 Å². The first-order valence-electron chi connectivity index (χ1n) is 6.87. The molecule has 0 aromatic heterocycles. The topological polar surface area (TPSA) is 21.3 Å². The first-order chi connectivity index (χ1) is 8.69. The lowest BCUT2D eigenvalue weighted by molar-refractivity contribution is 0.139. The second-order valence-corrected chi connectivity index (χ2v) is 7.36. The summed E-state index contributed by atoms with van der Waals surface area (Å²) >= 11 is 3.48. The van der Waals surface area contributed by atoms with Crippen molar-refractivity contribution in [2.45, 2.75) is 53.2 Å². The first-order valence-corrected chi connectivity index (χ1v) is 7.66. The molecule has 1 atom stereocenters. The van der Waals surface area contributed by atoms with Crippen LogP contribution in [-0.4, -0.2) is 18.2 Å². The highest BCUT2D eigenvalue weighted by Crippen LogP contribution is 2.24. The molecule has 1 aromatic rings. The Hall–Kier alpha value is -0.540. The number of nitrogens with one attached hydrogen (secondary N) is 1. The van der Waals surface area contributed by atoms with Crippen molar-refractivity contribution in [1.29, 1.82) is 0 Å². The highest BCUT2D eigenvalue weighted by atomic mass is 79.9. The third-order valence-electron chi connectivity index (χ3n) is 2.99. The minimum absolute atomic E-state index is 0.116. The summed E-state index contributed by atoms with van der Waals surface area (Å²) in [6, 6.07) is 6.15. The highest BCUT2D eigenvalue weighted by molar-refractivity contribution is 9.10. The van der Waals surface area contributed by atoms with Gasteiger partial charge in [-0.1, -0.05) is 29.8 Å². The van der Waals surface area contributed by atoms with E-state index >= 15 is 0 Å². The zero-order valence-corrected chi connectivity index (χ0v) is 14.5. The molecule has 0 radical (unpaired) electrons. The molecule has 0 fully saturated rings. The van der Waals surface area contributed by atoms with E-state index in [1.165, 1.54) is 0 Å². The maximum Gasteiger partial charge on any atom is 0.122 e. The average Bonchev–Trinajstić information content (AvgIpc) is 2.24. The second kappa shape index (κ2) is 6.76. The molecule has 1 N–H and O–H groups in total. The minimum Gasteiger partial charge on any atom is -0.489 e. The summed E-state index contributed by atoms with van der Waals surface area (Å²) in [5, 5.41) is 3.52. The van der Waals surface area contributed by atoms with Gasteiger partial charge in [0.1, 0.15) is 11.9 Å². The molecule has 19 heavy (non-hydrogen) atoms. The van der Waals surface area contributed by atoms with Gasteiger partial charge in [0, 0.05) is 16.6 Å². The van der Waals surface area contributed by atoms with E-state index in [1.807, 2.05) is 12.1 Å². The molecule has 0 heterocycles. The Kier molecular flexibility index (Phi) is 5.87. The summed E-state index contributed by atoms with van der Waals surface area (Å²) in [6.07, 6.45) is 0.180. The van der Waals surface area contributed by atoms with Gasteiger partial charge < -0.3 is 10.1 Å². The van der Waals surface area contributed by atoms with Gasteiger partial charge in [-0.15, -0.1) is 0 Å². The lowest BCUT2D eigenvalue weighted by atomic mass is 10.0. The summed E-state index contributed by atoms with van der Waals surface area (Å²) in [5.41, 5.74) is 1.28. The monoisotopic (exact) mass is 327 g/mol. The molecule has 1 rings (SSSR count). The Labute approximate surface area is 126 Å². The molecule has 0 aliphatic heterocycles. The van der Waals surface area contributed by atoms with E-state index in [0.717, 1.165) is 22.3 Å². The minimum atomic E-state index is 0.116. The van der Waals surface area contributed by atoms with Crippen LogP contribution in [0.5, 0.6) is 5.75 Å². The molecule has 2 nitrogen and oxygen atoms in total. The van der Waals surface area contributed by atoms with Crippen LogP contribution in [0.25, 0.3) is 0 Å². The molecule has 1 aromatic carbocycles. The first kappa shape index (κ1) is 16.5. The lowest BCUT2D eigenvalue weighted by Crippen LogP contribution is -2.44. The van der Waals surface area contributed by atoms with Gasteiger partial charge in [-0.3, -0.25) is 0 Å². The van der Waals surface area contributed by atoms with Crippen molar-refractivity contribution in [3.8, 4) is 5.75 Å². The normalized spacial score (nSPS) is 13.7. The molecular weight excluding hydrogens is 302 g/mol. The number of halogens is 1. The largest absolute Gasteiger partial charge is 0.489 e. The summed E-state index contributed by atoms with van der Waals surface area (Å²) < 4.78 is 7.26. The molecule has 108 valence electrons. The van der Waals surface area contributed by atoms with E-state index in [0.29, 0.717) is 5.92 Å². The Morgan fingerprint density at radius 3 is 2.37 bits per heavy atom. The third kappa shape index (κ3) is 5.96. The summed E-state index contributed by atoms with van der Waals surface area (Å²) in [6.45, 7) is 13.9. The number of ether oxygens (including phenoxy) is 1. The van der Waals surface area contributed by atoms with Gasteiger partial charge in [-0.25, -0.2) is 0 Å². The Morgan fingerprint density at radius 1 is 1.26 bits per heavy atom. The third-order valence-corrected chi connectivity index (χ3v) is 3.49. The number of rotatable bonds is 5. The molecule has 3 heteroatoms. The summed E-state index contributed by atoms with van der Waals surface area (Å²) in [5.74, 6) is 1.44. The summed E-state index contributed by atoms with van der Waals surface area (Å²) in [4.78, 5) is 0. The van der Waals surface area contributed by atoms with E-state index in [1.54, 1.807) is 0 Å². The van der Waals surface area contributed by atoms with Crippen LogP contribution in [0.3, 0.4) is 0 Å². The summed E-state index contributed by atoms with van der Waals surface area (Å²) in [7, 11) is 0. The number of hydrogen-bond acceptors (Lipinski definition) is 2. The quantitative estimate of drug-likeness (QED) is 0.856. The van der Waals surface area contributed by atoms with Gasteiger partial charge in [0.15, 0.2) is 0 Å². The van der Waals surface area contributed by atoms with Gasteiger partial charge >= 0.3 is 0 Å². The van der Waals surface area contributed by atoms with E-state index in [4.69, 9.17) is 4.74 Å². The van der Waals surface area contributed by atoms with Crippen LogP contribution in [0.15, 0.2) is 22.7 Å². The Morgan fingerprint density at radius 2 is 1.89 bits per heavy atom. The Balaban J connectivity index is 2.73. The zero-order chi connectivity index (χ0) is 14.6. The molecule has 0 bridgehead atoms. The fourth-order valence-corrected chi connectivity index (χ4v) is 2.20. The van der Waals surface area contributed by atoms with Crippen molar-refractivity contribution in [3.63, 3.8) is 0 Å². The van der Waals surface area contributed by atoms with Crippen LogP contribution in [0.1, 0.15) is 40.2 Å². The zero-order valence-electron chi connectivity index (χ0n) is 12.9. The van der Waals surface area contributed by atoms with E-state index in [9.17, 15) is 0 Å². The molecule has 0 saturated carbocycles. The fourth-order valence-electron chi connectivity index (χ4n) is 1.73. The number of aryl methyl sites for hydroxylation is 1. The van der Waals surface area contributed by atoms with Crippen molar-refractivity contribution in [3.05, 3.63) is 28.2 Å². The molecule has 1 unspecified atom stereocenters. The van der Waals surface area contributed by atoms with Crippen LogP contribution in [-0.2, 0) is 0 Å². The van der Waals surface area contributed by atoms with E-state index in [2.05, 4.69) is 68.9 Å². The molecular formula is C16H26BrNO. The lowest BCUT2D eigenvalue weighted by Gasteiger charge is -2.28. The second-order valence-electron chi connectivity index (χ2n) is 6.44. The van der Waals surface area contributed by atoms with Gasteiger partial charge in [0.2, 0.25) is 0 Å². The van der Waals surface area contributed by atoms with E-state index in [-0.39, 0.29) is 11.6 Å². The standard InChI is InChI=1S/C16H26BrNO/c1-11(2)15(10-18-16(4,5)6)19-14-8-7-13(17)9-12(14)3/h7-9,11,15,18H,10H2,1-6H3. The van der Waals surface area contributed by atoms with Crippen LogP contribution in [0, 0.1) is 12.8 Å². The predicted molar refractivity (Wildman–Crippen MR) is 85.9 cm³/mol. The molecule has 0 spiro atoms. The molecule has 0 aliphatic carbocycles. The predicted octanol–water partition coefficient (Wildman–Crippen LogP) is 4.55. The van der Waals surface area contributed by atoms with Crippen molar-refractivity contribution in [2.24, 2.45) is 5.92 Å². The van der Waals surface area contributed by atoms with Crippen LogP contribution in [0.2, 0.25) is 0 Å². The molecule has 0 amide bonds. The van der Waals surface area contributed by atoms with Gasteiger partial charge in [-0.05, 0) is 57.4 Å². The maximum absolute atomic E-state index is 6.17. The number of benzene rings is 1. The smallest absolute Gasteiger partial charge is 0.122 e. The number of hydrogen-bond donors (Lipinski definition) is 1. The van der Waals surface area contributed by atoms with Crippen molar-refractivity contribution >= 4 is 15.9 Å². The maximum atomic E-state index is 6.17. The fraction of sp³-hybridized carbons (Fsp3) is 0.625. The molecule has 0 aliphatic rings. The highest BCUT2D eigenvalue weighted by Gasteiger charge is 2.19. The molecule has 0 saturated heterocycles. The Bertz CT molecular complexity index is 410. The van der Waals surface area contributed by atoms with Crippen molar-refractivity contribution < 1.29 is 4.74 Å². The van der Waals surface area contributed by atoms with Gasteiger partial charge in [0.05, 0.1) is 0 Å². The van der Waals surface area contributed by atoms with Crippen LogP contribution in [0.4, 0.5) is 0 Å². The van der Waals surface area contributed by atoms with Crippen LogP contribution >= 0.6 is 15.9 Å². The SMILES string of the molecule is Cc1cc(Br)ccc1OC(CNC(C)(C)C)C(C)C. The van der Waals surface area contributed by atoms with Gasteiger partial charge in [0.25, 0.3) is 0 Å². The van der Waals surface area contributed by atoms with Gasteiger partial charge in [-0.2, -0.15) is 0 Å². The van der Waals surface area contributed by atoms with Crippen molar-refractivity contribution in [1.82, 2.24) is 5.32 Å².